The Labute approximate surface area is 300 Å². The number of aliphatic imine (C=N–C) groups is 1. The average Bonchev–Trinajstić information content (AvgIpc) is 3.93. The first kappa shape index (κ1) is 36.0. The summed E-state index contributed by atoms with van der Waals surface area (Å²) in [6.45, 7) is 5.48. The third kappa shape index (κ3) is 8.73. The molecule has 2 aromatic heterocycles. The number of nitrogens with two attached hydrogens (primary N) is 1. The van der Waals surface area contributed by atoms with Crippen molar-refractivity contribution in [3.8, 4) is 16.8 Å². The highest BCUT2D eigenvalue weighted by molar-refractivity contribution is 6.32. The fourth-order valence-electron chi connectivity index (χ4n) is 5.55. The Morgan fingerprint density at radius 1 is 1.14 bits per heavy atom. The number of nitrogens with zero attached hydrogens (tertiary/aromatic N) is 7. The van der Waals surface area contributed by atoms with E-state index in [1.165, 1.54) is 23.6 Å². The van der Waals surface area contributed by atoms with Crippen LogP contribution in [-0.2, 0) is 4.74 Å². The zero-order valence-electron chi connectivity index (χ0n) is 29.0. The number of benzene rings is 2. The molecule has 0 radical (unpaired) electrons. The van der Waals surface area contributed by atoms with Crippen LogP contribution in [-0.4, -0.2) is 66.1 Å². The molecule has 0 aliphatic heterocycles. The number of alkyl carbamates (subject to hydrolysis) is 1. The van der Waals surface area contributed by atoms with Crippen LogP contribution in [0.1, 0.15) is 100 Å². The van der Waals surface area contributed by atoms with Crippen LogP contribution in [0.4, 0.5) is 13.6 Å². The topological polar surface area (TPSA) is 146 Å². The summed E-state index contributed by atoms with van der Waals surface area (Å²) >= 11 is 6.73. The molecule has 12 nitrogen and oxygen atoms in total. The van der Waals surface area contributed by atoms with Crippen molar-refractivity contribution in [2.75, 3.05) is 13.2 Å². The Morgan fingerprint density at radius 3 is 2.49 bits per heavy atom. The quantitative estimate of drug-likeness (QED) is 0.116. The lowest BCUT2D eigenvalue weighted by Gasteiger charge is -2.32. The van der Waals surface area contributed by atoms with Crippen molar-refractivity contribution >= 4 is 29.6 Å². The van der Waals surface area contributed by atoms with Gasteiger partial charge in [-0.3, -0.25) is 14.7 Å². The number of nitrogens with one attached hydrogen (secondary N) is 1. The predicted molar refractivity (Wildman–Crippen MR) is 189 cm³/mol. The number of carbonyl (C=O) groups excluding carboxylic acids is 2. The van der Waals surface area contributed by atoms with Crippen LogP contribution in [0, 0.1) is 5.41 Å². The second-order valence-corrected chi connectivity index (χ2v) is 15.0. The predicted octanol–water partition coefficient (Wildman–Crippen LogP) is 7.27. The number of rotatable bonds is 12. The van der Waals surface area contributed by atoms with E-state index >= 15 is 0 Å². The second kappa shape index (κ2) is 14.4. The number of carbonyl (C=O) groups is 2. The lowest BCUT2D eigenvalue weighted by Crippen LogP contribution is -2.47. The van der Waals surface area contributed by atoms with E-state index in [9.17, 15) is 18.4 Å². The summed E-state index contributed by atoms with van der Waals surface area (Å²) in [6, 6.07) is 10.7. The first-order chi connectivity index (χ1) is 24.2. The second-order valence-electron chi connectivity index (χ2n) is 14.6. The zero-order valence-corrected chi connectivity index (χ0v) is 29.8. The van der Waals surface area contributed by atoms with E-state index in [4.69, 9.17) is 22.1 Å². The first-order valence-corrected chi connectivity index (χ1v) is 17.3. The molecule has 0 spiro atoms. The minimum Gasteiger partial charge on any atom is -0.447 e. The molecule has 51 heavy (non-hydrogen) atoms. The fourth-order valence-corrected chi connectivity index (χ4v) is 5.75. The molecule has 2 fully saturated rings. The number of alkyl halides is 2. The van der Waals surface area contributed by atoms with Gasteiger partial charge in [-0.1, -0.05) is 50.6 Å². The standard InChI is InChI=1S/C36H42ClF2N9O3/c1-35(2,3)15-16-41-33(40)47(31(49)24-9-5-22(6-10-24)26-18-43-46(19-26)32(38)39)29(20-51-34(50)45-36(4)13-14-36)25-11-12-27(37)28(17-25)48-30(23-7-8-23)42-21-44-48/h5-6,9-12,17-19,21,23,29,32H,7-8,13-16,20H2,1-4H3,(H2,40,41)(H,45,50)/t29-/m1/s1. The number of hydrogen-bond donors (Lipinski definition) is 2. The molecule has 4 aromatic rings. The molecule has 0 bridgehead atoms. The minimum atomic E-state index is -2.78. The van der Waals surface area contributed by atoms with Crippen LogP contribution in [0.2, 0.25) is 5.02 Å². The van der Waals surface area contributed by atoms with E-state index in [0.717, 1.165) is 31.5 Å². The highest BCUT2D eigenvalue weighted by atomic mass is 35.5. The summed E-state index contributed by atoms with van der Waals surface area (Å²) in [7, 11) is 0. The van der Waals surface area contributed by atoms with E-state index in [1.807, 2.05) is 6.92 Å². The van der Waals surface area contributed by atoms with Crippen LogP contribution in [0.5, 0.6) is 0 Å². The molecule has 0 unspecified atom stereocenters. The van der Waals surface area contributed by atoms with E-state index in [0.29, 0.717) is 45.0 Å². The lowest BCUT2D eigenvalue weighted by molar-refractivity contribution is 0.0566. The largest absolute Gasteiger partial charge is 0.447 e. The van der Waals surface area contributed by atoms with Crippen molar-refractivity contribution in [3.63, 3.8) is 0 Å². The van der Waals surface area contributed by atoms with Gasteiger partial charge in [-0.15, -0.1) is 0 Å². The van der Waals surface area contributed by atoms with Gasteiger partial charge in [0.05, 0.1) is 22.9 Å². The molecule has 1 atom stereocenters. The Hall–Kier alpha value is -4.85. The molecule has 270 valence electrons. The SMILES string of the molecule is CC(C)(C)CCN=C(N)N(C(=O)c1ccc(-c2cnn(C(F)F)c2)cc1)[C@H](COC(=O)NC1(C)CC1)c1ccc(Cl)c(-n2ncnc2C2CC2)c1. The molecular formula is C36H42ClF2N9O3. The van der Waals surface area contributed by atoms with Gasteiger partial charge in [0.2, 0.25) is 0 Å². The minimum absolute atomic E-state index is 0.0474. The first-order valence-electron chi connectivity index (χ1n) is 16.9. The van der Waals surface area contributed by atoms with Crippen molar-refractivity contribution in [1.82, 2.24) is 34.8 Å². The van der Waals surface area contributed by atoms with Gasteiger partial charge in [0.25, 0.3) is 5.91 Å². The van der Waals surface area contributed by atoms with Gasteiger partial charge < -0.3 is 15.8 Å². The van der Waals surface area contributed by atoms with Crippen molar-refractivity contribution in [3.05, 3.63) is 83.2 Å². The molecule has 2 aliphatic carbocycles. The molecule has 15 heteroatoms. The maximum Gasteiger partial charge on any atom is 0.407 e. The van der Waals surface area contributed by atoms with Gasteiger partial charge in [-0.05, 0) is 79.8 Å². The molecule has 6 rings (SSSR count). The molecule has 0 saturated heterocycles. The molecule has 2 amide bonds. The van der Waals surface area contributed by atoms with Crippen LogP contribution in [0.3, 0.4) is 0 Å². The van der Waals surface area contributed by atoms with Crippen molar-refractivity contribution < 1.29 is 23.1 Å². The van der Waals surface area contributed by atoms with Gasteiger partial charge in [-0.25, -0.2) is 19.1 Å². The van der Waals surface area contributed by atoms with E-state index < -0.39 is 24.6 Å². The monoisotopic (exact) mass is 721 g/mol. The maximum atomic E-state index is 14.6. The third-order valence-corrected chi connectivity index (χ3v) is 9.38. The van der Waals surface area contributed by atoms with Crippen LogP contribution < -0.4 is 11.1 Å². The van der Waals surface area contributed by atoms with E-state index in [2.05, 4.69) is 46.3 Å². The van der Waals surface area contributed by atoms with Crippen molar-refractivity contribution in [1.29, 1.82) is 0 Å². The Kier molecular flexibility index (Phi) is 10.2. The number of guanidine groups is 1. The lowest BCUT2D eigenvalue weighted by atomic mass is 9.92. The number of halogens is 3. The van der Waals surface area contributed by atoms with Crippen LogP contribution in [0.15, 0.2) is 66.2 Å². The van der Waals surface area contributed by atoms with Gasteiger partial charge in [-0.2, -0.15) is 19.0 Å². The molecule has 2 saturated carbocycles. The number of hydrogen-bond acceptors (Lipinski definition) is 7. The van der Waals surface area contributed by atoms with Gasteiger partial charge in [0.1, 0.15) is 18.8 Å². The molecule has 2 aromatic carbocycles. The summed E-state index contributed by atoms with van der Waals surface area (Å²) in [6.07, 6.45) is 7.79. The number of amides is 2. The van der Waals surface area contributed by atoms with Crippen molar-refractivity contribution in [2.24, 2.45) is 16.1 Å². The summed E-state index contributed by atoms with van der Waals surface area (Å²) in [5, 5.41) is 11.5. The van der Waals surface area contributed by atoms with Gasteiger partial charge in [0.15, 0.2) is 5.96 Å². The summed E-state index contributed by atoms with van der Waals surface area (Å²) in [5.41, 5.74) is 8.73. The fraction of sp³-hybridized carbons (Fsp3) is 0.444. The number of aromatic nitrogens is 5. The zero-order chi connectivity index (χ0) is 36.5. The average molecular weight is 722 g/mol. The smallest absolute Gasteiger partial charge is 0.407 e. The summed E-state index contributed by atoms with van der Waals surface area (Å²) in [4.78, 5) is 38.0. The molecular weight excluding hydrogens is 680 g/mol. The van der Waals surface area contributed by atoms with E-state index in [-0.39, 0.29) is 35.0 Å². The Balaban J connectivity index is 1.39. The molecule has 2 heterocycles. The molecule has 3 N–H and O–H groups in total. The number of ether oxygens (including phenoxy) is 1. The highest BCUT2D eigenvalue weighted by Crippen LogP contribution is 2.40. The van der Waals surface area contributed by atoms with Crippen LogP contribution in [0.25, 0.3) is 16.8 Å². The summed E-state index contributed by atoms with van der Waals surface area (Å²) in [5.74, 6) is 0.482. The Bertz CT molecular complexity index is 1910. The molecule has 2 aliphatic rings. The van der Waals surface area contributed by atoms with Crippen LogP contribution >= 0.6 is 11.6 Å². The summed E-state index contributed by atoms with van der Waals surface area (Å²) < 4.78 is 34.4. The van der Waals surface area contributed by atoms with Crippen molar-refractivity contribution in [2.45, 2.75) is 83.8 Å². The van der Waals surface area contributed by atoms with Gasteiger partial charge >= 0.3 is 12.6 Å². The highest BCUT2D eigenvalue weighted by Gasteiger charge is 2.40. The Morgan fingerprint density at radius 2 is 1.86 bits per heavy atom. The normalized spacial score (nSPS) is 16.2. The van der Waals surface area contributed by atoms with E-state index in [1.54, 1.807) is 47.1 Å². The third-order valence-electron chi connectivity index (χ3n) is 9.06. The van der Waals surface area contributed by atoms with Gasteiger partial charge in [0, 0.05) is 35.3 Å². The maximum absolute atomic E-state index is 14.6.